The lowest BCUT2D eigenvalue weighted by Gasteiger charge is -1.90. The van der Waals surface area contributed by atoms with Crippen molar-refractivity contribution in [2.75, 3.05) is 0 Å². The van der Waals surface area contributed by atoms with E-state index in [9.17, 15) is 0 Å². The zero-order valence-electron chi connectivity index (χ0n) is 4.74. The smallest absolute Gasteiger partial charge is 0.225 e. The average Bonchev–Trinajstić information content (AvgIpc) is 2.33. The largest absolute Gasteiger partial charge is 0.446 e. The van der Waals surface area contributed by atoms with Crippen LogP contribution < -0.4 is 0 Å². The summed E-state index contributed by atoms with van der Waals surface area (Å²) in [5.74, 6) is 0.706. The first-order valence-corrected chi connectivity index (χ1v) is 2.75. The molecule has 0 atom stereocenters. The molecule has 2 heteroatoms. The van der Waals surface area contributed by atoms with Crippen LogP contribution in [0.25, 0.3) is 11.5 Å². The Balaban J connectivity index is 2.79. The first-order chi connectivity index (χ1) is 4.47. The molecule has 2 nitrogen and oxygen atoms in total. The van der Waals surface area contributed by atoms with E-state index in [1.807, 2.05) is 18.2 Å². The predicted molar refractivity (Wildman–Crippen MR) is 33.1 cm³/mol. The highest BCUT2D eigenvalue weighted by Gasteiger charge is 2.00. The molecular formula is C7H5NO. The van der Waals surface area contributed by atoms with Crippen LogP contribution in [0.2, 0.25) is 0 Å². The van der Waals surface area contributed by atoms with Crippen molar-refractivity contribution in [2.24, 2.45) is 0 Å². The van der Waals surface area contributed by atoms with E-state index in [0.717, 1.165) is 5.56 Å². The van der Waals surface area contributed by atoms with Gasteiger partial charge in [-0.05, 0) is 18.2 Å². The third-order valence-corrected chi connectivity index (χ3v) is 1.23. The molecule has 0 fully saturated rings. The average molecular weight is 119 g/mol. The van der Waals surface area contributed by atoms with Crippen LogP contribution in [0.3, 0.4) is 0 Å². The zero-order valence-corrected chi connectivity index (χ0v) is 4.74. The molecule has 0 unspecified atom stereocenters. The molecule has 0 N–H and O–H groups in total. The maximum Gasteiger partial charge on any atom is 0.225 e. The molecule has 0 aromatic rings. The number of rotatable bonds is 0. The van der Waals surface area contributed by atoms with E-state index >= 15 is 0 Å². The SMILES string of the molecule is c1coc2nccc-2c1. The van der Waals surface area contributed by atoms with Crippen LogP contribution in [0, 0.1) is 0 Å². The molecule has 2 heterocycles. The number of hydrogen-bond donors (Lipinski definition) is 0. The maximum absolute atomic E-state index is 5.04. The van der Waals surface area contributed by atoms with Gasteiger partial charge in [-0.2, -0.15) is 0 Å². The predicted octanol–water partition coefficient (Wildman–Crippen LogP) is 1.78. The van der Waals surface area contributed by atoms with E-state index < -0.39 is 0 Å². The molecule has 0 aromatic heterocycles. The summed E-state index contributed by atoms with van der Waals surface area (Å²) in [6.45, 7) is 0. The number of aromatic nitrogens is 1. The molecule has 9 heavy (non-hydrogen) atoms. The van der Waals surface area contributed by atoms with Gasteiger partial charge in [0.15, 0.2) is 0 Å². The van der Waals surface area contributed by atoms with E-state index in [2.05, 4.69) is 4.98 Å². The fraction of sp³-hybridized carbons (Fsp3) is 0. The molecule has 0 bridgehead atoms. The molecule has 0 radical (unpaired) electrons. The van der Waals surface area contributed by atoms with E-state index in [-0.39, 0.29) is 0 Å². The molecule has 0 saturated heterocycles. The fourth-order valence-electron chi connectivity index (χ4n) is 0.803. The highest BCUT2D eigenvalue weighted by atomic mass is 16.3. The summed E-state index contributed by atoms with van der Waals surface area (Å²) < 4.78 is 5.04. The number of fused-ring (bicyclic) bond motifs is 1. The second-order valence-electron chi connectivity index (χ2n) is 1.82. The summed E-state index contributed by atoms with van der Waals surface area (Å²) in [6, 6.07) is 5.73. The lowest BCUT2D eigenvalue weighted by molar-refractivity contribution is 0.551. The molecule has 2 aliphatic heterocycles. The van der Waals surface area contributed by atoms with Gasteiger partial charge in [-0.25, -0.2) is 4.98 Å². The lowest BCUT2D eigenvalue weighted by atomic mass is 10.3. The Bertz CT molecular complexity index is 249. The molecule has 0 saturated carbocycles. The minimum atomic E-state index is 0.706. The van der Waals surface area contributed by atoms with Crippen molar-refractivity contribution < 1.29 is 4.42 Å². The van der Waals surface area contributed by atoms with Crippen LogP contribution in [-0.4, -0.2) is 4.98 Å². The molecule has 0 aliphatic carbocycles. The van der Waals surface area contributed by atoms with Crippen molar-refractivity contribution in [3.63, 3.8) is 0 Å². The first-order valence-electron chi connectivity index (χ1n) is 2.75. The van der Waals surface area contributed by atoms with Crippen LogP contribution in [0.5, 0.6) is 0 Å². The minimum absolute atomic E-state index is 0.706. The monoisotopic (exact) mass is 119 g/mol. The Morgan fingerprint density at radius 1 is 1.33 bits per heavy atom. The van der Waals surface area contributed by atoms with Gasteiger partial charge in [0.2, 0.25) is 5.89 Å². The molecule has 0 spiro atoms. The Morgan fingerprint density at radius 3 is 3.22 bits per heavy atom. The number of hydrogen-bond acceptors (Lipinski definition) is 2. The Morgan fingerprint density at radius 2 is 2.33 bits per heavy atom. The van der Waals surface area contributed by atoms with Gasteiger partial charge in [-0.1, -0.05) is 0 Å². The van der Waals surface area contributed by atoms with Gasteiger partial charge in [-0.3, -0.25) is 0 Å². The Labute approximate surface area is 52.5 Å². The molecular weight excluding hydrogens is 114 g/mol. The van der Waals surface area contributed by atoms with Crippen LogP contribution in [0.15, 0.2) is 35.1 Å². The van der Waals surface area contributed by atoms with Gasteiger partial charge in [0.05, 0.1) is 6.26 Å². The summed E-state index contributed by atoms with van der Waals surface area (Å²) in [5.41, 5.74) is 1.05. The zero-order chi connectivity index (χ0) is 6.10. The van der Waals surface area contributed by atoms with Gasteiger partial charge in [0.25, 0.3) is 0 Å². The van der Waals surface area contributed by atoms with Crippen LogP contribution in [0.4, 0.5) is 0 Å². The molecule has 2 rings (SSSR count). The summed E-state index contributed by atoms with van der Waals surface area (Å²) in [4.78, 5) is 3.95. The van der Waals surface area contributed by atoms with Crippen molar-refractivity contribution >= 4 is 0 Å². The van der Waals surface area contributed by atoms with Crippen LogP contribution in [0.1, 0.15) is 0 Å². The molecule has 2 aliphatic rings. The maximum atomic E-state index is 5.04. The van der Waals surface area contributed by atoms with Crippen molar-refractivity contribution in [1.29, 1.82) is 0 Å². The summed E-state index contributed by atoms with van der Waals surface area (Å²) >= 11 is 0. The topological polar surface area (TPSA) is 26.0 Å². The Hall–Kier alpha value is -1.31. The molecule has 44 valence electrons. The van der Waals surface area contributed by atoms with Crippen molar-refractivity contribution in [2.45, 2.75) is 0 Å². The molecule has 0 aromatic carbocycles. The first kappa shape index (κ1) is 4.56. The second kappa shape index (κ2) is 1.58. The van der Waals surface area contributed by atoms with E-state index in [4.69, 9.17) is 4.42 Å². The van der Waals surface area contributed by atoms with Crippen molar-refractivity contribution in [1.82, 2.24) is 4.98 Å². The van der Waals surface area contributed by atoms with E-state index in [1.54, 1.807) is 12.5 Å². The Kier molecular flexibility index (Phi) is 0.803. The second-order valence-corrected chi connectivity index (χ2v) is 1.82. The van der Waals surface area contributed by atoms with E-state index in [1.165, 1.54) is 0 Å². The third-order valence-electron chi connectivity index (χ3n) is 1.23. The quantitative estimate of drug-likeness (QED) is 0.528. The number of nitrogens with zero attached hydrogens (tertiary/aromatic N) is 1. The fourth-order valence-corrected chi connectivity index (χ4v) is 0.803. The van der Waals surface area contributed by atoms with Crippen molar-refractivity contribution in [3.8, 4) is 11.5 Å². The van der Waals surface area contributed by atoms with Gasteiger partial charge in [0, 0.05) is 11.8 Å². The molecule has 0 amide bonds. The van der Waals surface area contributed by atoms with Gasteiger partial charge < -0.3 is 4.42 Å². The van der Waals surface area contributed by atoms with Gasteiger partial charge in [0.1, 0.15) is 0 Å². The van der Waals surface area contributed by atoms with Gasteiger partial charge in [-0.15, -0.1) is 0 Å². The normalized spacial score (nSPS) is 10.2. The van der Waals surface area contributed by atoms with Gasteiger partial charge >= 0.3 is 0 Å². The summed E-state index contributed by atoms with van der Waals surface area (Å²) in [5, 5.41) is 0. The third kappa shape index (κ3) is 0.598. The summed E-state index contributed by atoms with van der Waals surface area (Å²) in [7, 11) is 0. The van der Waals surface area contributed by atoms with Crippen molar-refractivity contribution in [3.05, 3.63) is 30.7 Å². The highest BCUT2D eigenvalue weighted by Crippen LogP contribution is 2.17. The standard InChI is InChI=1S/C7H5NO/c1-2-6-3-4-8-7(6)9-5-1/h1-5H. The van der Waals surface area contributed by atoms with Crippen LogP contribution in [-0.2, 0) is 0 Å². The summed E-state index contributed by atoms with van der Waals surface area (Å²) in [6.07, 6.45) is 3.35. The van der Waals surface area contributed by atoms with Crippen LogP contribution >= 0.6 is 0 Å². The van der Waals surface area contributed by atoms with E-state index in [0.29, 0.717) is 5.89 Å². The highest BCUT2D eigenvalue weighted by molar-refractivity contribution is 5.53. The lowest BCUT2D eigenvalue weighted by Crippen LogP contribution is -1.71. The minimum Gasteiger partial charge on any atom is -0.446 e.